The molecule has 0 saturated carbocycles. The predicted molar refractivity (Wildman–Crippen MR) is 101 cm³/mol. The molecular weight excluding hydrogens is 347 g/mol. The average Bonchev–Trinajstić information content (AvgIpc) is 2.72. The number of carbonyl (C=O) groups is 2. The molecule has 1 aromatic carbocycles. The smallest absolute Gasteiger partial charge is 0.223 e. The second kappa shape index (κ2) is 9.12. The van der Waals surface area contributed by atoms with E-state index in [2.05, 4.69) is 15.2 Å². The number of amides is 2. The third kappa shape index (κ3) is 5.51. The van der Waals surface area contributed by atoms with Crippen LogP contribution in [0.5, 0.6) is 0 Å². The van der Waals surface area contributed by atoms with Crippen molar-refractivity contribution in [2.45, 2.75) is 19.4 Å². The lowest BCUT2D eigenvalue weighted by molar-refractivity contribution is -0.133. The molecule has 1 aliphatic rings. The number of anilines is 1. The summed E-state index contributed by atoms with van der Waals surface area (Å²) in [4.78, 5) is 32.1. The van der Waals surface area contributed by atoms with Crippen molar-refractivity contribution in [3.63, 3.8) is 0 Å². The SMILES string of the molecule is O=C(CCC(=O)N1CCN(c2ccc(F)cc2)CC1)NCc1ccncc1. The second-order valence-electron chi connectivity index (χ2n) is 6.48. The van der Waals surface area contributed by atoms with Crippen molar-refractivity contribution in [1.29, 1.82) is 0 Å². The first-order chi connectivity index (χ1) is 13.1. The van der Waals surface area contributed by atoms with Gasteiger partial charge in [0.1, 0.15) is 5.82 Å². The molecule has 0 bridgehead atoms. The highest BCUT2D eigenvalue weighted by Gasteiger charge is 2.21. The summed E-state index contributed by atoms with van der Waals surface area (Å²) >= 11 is 0. The van der Waals surface area contributed by atoms with Crippen molar-refractivity contribution in [3.05, 3.63) is 60.2 Å². The lowest BCUT2D eigenvalue weighted by atomic mass is 10.2. The first-order valence-electron chi connectivity index (χ1n) is 9.06. The molecule has 7 heteroatoms. The van der Waals surface area contributed by atoms with Crippen LogP contribution < -0.4 is 10.2 Å². The van der Waals surface area contributed by atoms with E-state index in [4.69, 9.17) is 0 Å². The standard InChI is InChI=1S/C20H23FN4O2/c21-17-1-3-18(4-2-17)24-11-13-25(14-12-24)20(27)6-5-19(26)23-15-16-7-9-22-10-8-16/h1-4,7-10H,5-6,11-15H2,(H,23,26). The summed E-state index contributed by atoms with van der Waals surface area (Å²) in [5.74, 6) is -0.396. The van der Waals surface area contributed by atoms with Gasteiger partial charge < -0.3 is 15.1 Å². The Morgan fingerprint density at radius 3 is 2.30 bits per heavy atom. The molecule has 1 N–H and O–H groups in total. The normalized spacial score (nSPS) is 14.1. The molecule has 0 spiro atoms. The number of benzene rings is 1. The lowest BCUT2D eigenvalue weighted by Crippen LogP contribution is -2.48. The van der Waals surface area contributed by atoms with E-state index in [0.29, 0.717) is 32.7 Å². The Morgan fingerprint density at radius 1 is 0.963 bits per heavy atom. The molecule has 3 rings (SSSR count). The van der Waals surface area contributed by atoms with Crippen LogP contribution in [0, 0.1) is 5.82 Å². The first-order valence-corrected chi connectivity index (χ1v) is 9.06. The van der Waals surface area contributed by atoms with Gasteiger partial charge >= 0.3 is 0 Å². The van der Waals surface area contributed by atoms with Crippen LogP contribution >= 0.6 is 0 Å². The van der Waals surface area contributed by atoms with Crippen LogP contribution in [0.2, 0.25) is 0 Å². The molecule has 1 fully saturated rings. The summed E-state index contributed by atoms with van der Waals surface area (Å²) in [5, 5.41) is 2.81. The fraction of sp³-hybridized carbons (Fsp3) is 0.350. The van der Waals surface area contributed by atoms with Crippen LogP contribution in [-0.4, -0.2) is 47.9 Å². The largest absolute Gasteiger partial charge is 0.368 e. The molecule has 1 aromatic heterocycles. The van der Waals surface area contributed by atoms with Gasteiger partial charge in [-0.15, -0.1) is 0 Å². The summed E-state index contributed by atoms with van der Waals surface area (Å²) in [6, 6.07) is 10.1. The third-order valence-corrected chi connectivity index (χ3v) is 4.63. The molecule has 0 unspecified atom stereocenters. The molecule has 0 aliphatic carbocycles. The van der Waals surface area contributed by atoms with E-state index in [1.807, 2.05) is 12.1 Å². The maximum atomic E-state index is 13.0. The lowest BCUT2D eigenvalue weighted by Gasteiger charge is -2.36. The van der Waals surface area contributed by atoms with Gasteiger partial charge in [0.05, 0.1) is 0 Å². The molecule has 0 atom stereocenters. The van der Waals surface area contributed by atoms with Crippen LogP contribution in [0.1, 0.15) is 18.4 Å². The van der Waals surface area contributed by atoms with Crippen LogP contribution in [0.4, 0.5) is 10.1 Å². The van der Waals surface area contributed by atoms with Gasteiger partial charge in [0.15, 0.2) is 0 Å². The van der Waals surface area contributed by atoms with Crippen LogP contribution in [0.15, 0.2) is 48.8 Å². The molecule has 1 saturated heterocycles. The Kier molecular flexibility index (Phi) is 6.35. The van der Waals surface area contributed by atoms with Gasteiger partial charge in [0.25, 0.3) is 0 Å². The van der Waals surface area contributed by atoms with Crippen LogP contribution in [-0.2, 0) is 16.1 Å². The van der Waals surface area contributed by atoms with Gasteiger partial charge in [-0.3, -0.25) is 14.6 Å². The van der Waals surface area contributed by atoms with E-state index in [-0.39, 0.29) is 30.5 Å². The van der Waals surface area contributed by atoms with Crippen molar-refractivity contribution >= 4 is 17.5 Å². The first kappa shape index (κ1) is 18.8. The van der Waals surface area contributed by atoms with Crippen LogP contribution in [0.25, 0.3) is 0 Å². The number of hydrogen-bond acceptors (Lipinski definition) is 4. The monoisotopic (exact) mass is 370 g/mol. The second-order valence-corrected chi connectivity index (χ2v) is 6.48. The number of nitrogens with one attached hydrogen (secondary N) is 1. The Hall–Kier alpha value is -2.96. The molecule has 2 aromatic rings. The summed E-state index contributed by atoms with van der Waals surface area (Å²) in [6.07, 6.45) is 3.74. The van der Waals surface area contributed by atoms with Gasteiger partial charge in [-0.05, 0) is 42.0 Å². The minimum atomic E-state index is -0.255. The molecule has 0 radical (unpaired) electrons. The van der Waals surface area contributed by atoms with Gasteiger partial charge in [-0.1, -0.05) is 0 Å². The highest BCUT2D eigenvalue weighted by molar-refractivity contribution is 5.83. The topological polar surface area (TPSA) is 65.5 Å². The minimum Gasteiger partial charge on any atom is -0.368 e. The fourth-order valence-corrected chi connectivity index (χ4v) is 3.03. The van der Waals surface area contributed by atoms with E-state index in [9.17, 15) is 14.0 Å². The Labute approximate surface area is 158 Å². The molecular formula is C20H23FN4O2. The van der Waals surface area contributed by atoms with E-state index in [1.165, 1.54) is 12.1 Å². The molecule has 142 valence electrons. The van der Waals surface area contributed by atoms with E-state index < -0.39 is 0 Å². The van der Waals surface area contributed by atoms with E-state index in [1.54, 1.807) is 29.4 Å². The molecule has 1 aliphatic heterocycles. The predicted octanol–water partition coefficient (Wildman–Crippen LogP) is 1.97. The zero-order valence-electron chi connectivity index (χ0n) is 15.1. The van der Waals surface area contributed by atoms with Crippen molar-refractivity contribution in [3.8, 4) is 0 Å². The average molecular weight is 370 g/mol. The number of hydrogen-bond donors (Lipinski definition) is 1. The highest BCUT2D eigenvalue weighted by Crippen LogP contribution is 2.17. The Morgan fingerprint density at radius 2 is 1.63 bits per heavy atom. The van der Waals surface area contributed by atoms with Crippen LogP contribution in [0.3, 0.4) is 0 Å². The number of carbonyl (C=O) groups excluding carboxylic acids is 2. The zero-order valence-corrected chi connectivity index (χ0v) is 15.1. The number of pyridine rings is 1. The highest BCUT2D eigenvalue weighted by atomic mass is 19.1. The maximum Gasteiger partial charge on any atom is 0.223 e. The minimum absolute atomic E-state index is 0.00665. The molecule has 2 heterocycles. The molecule has 6 nitrogen and oxygen atoms in total. The van der Waals surface area contributed by atoms with Gasteiger partial charge in [0.2, 0.25) is 11.8 Å². The number of rotatable bonds is 6. The number of nitrogens with zero attached hydrogens (tertiary/aromatic N) is 3. The Bertz CT molecular complexity index is 759. The summed E-state index contributed by atoms with van der Waals surface area (Å²) < 4.78 is 13.0. The van der Waals surface area contributed by atoms with E-state index in [0.717, 1.165) is 11.3 Å². The Balaban J connectivity index is 1.38. The van der Waals surface area contributed by atoms with Gasteiger partial charge in [-0.25, -0.2) is 4.39 Å². The number of halogens is 1. The zero-order chi connectivity index (χ0) is 19.1. The number of piperazine rings is 1. The van der Waals surface area contributed by atoms with Gasteiger partial charge in [0, 0.05) is 63.6 Å². The van der Waals surface area contributed by atoms with Crippen molar-refractivity contribution in [2.75, 3.05) is 31.1 Å². The van der Waals surface area contributed by atoms with E-state index >= 15 is 0 Å². The molecule has 2 amide bonds. The summed E-state index contributed by atoms with van der Waals surface area (Å²) in [5.41, 5.74) is 1.93. The third-order valence-electron chi connectivity index (χ3n) is 4.63. The number of aromatic nitrogens is 1. The fourth-order valence-electron chi connectivity index (χ4n) is 3.03. The van der Waals surface area contributed by atoms with Crippen molar-refractivity contribution in [2.24, 2.45) is 0 Å². The summed E-state index contributed by atoms with van der Waals surface area (Å²) in [7, 11) is 0. The molecule has 27 heavy (non-hydrogen) atoms. The summed E-state index contributed by atoms with van der Waals surface area (Å²) in [6.45, 7) is 3.05. The quantitative estimate of drug-likeness (QED) is 0.844. The van der Waals surface area contributed by atoms with Gasteiger partial charge in [-0.2, -0.15) is 0 Å². The maximum absolute atomic E-state index is 13.0. The van der Waals surface area contributed by atoms with Crippen molar-refractivity contribution < 1.29 is 14.0 Å². The van der Waals surface area contributed by atoms with Crippen molar-refractivity contribution in [1.82, 2.24) is 15.2 Å².